The number of ether oxygens (including phenoxy) is 1. The molecule has 0 aromatic rings. The van der Waals surface area contributed by atoms with Crippen LogP contribution in [-0.2, 0) is 9.53 Å². The monoisotopic (exact) mass is 212 g/mol. The average molecular weight is 212 g/mol. The first-order valence-corrected chi connectivity index (χ1v) is 5.91. The van der Waals surface area contributed by atoms with Crippen molar-refractivity contribution in [1.29, 1.82) is 0 Å². The highest BCUT2D eigenvalue weighted by Crippen LogP contribution is 2.16. The fourth-order valence-corrected chi connectivity index (χ4v) is 1.30. The van der Waals surface area contributed by atoms with Gasteiger partial charge in [-0.2, -0.15) is 0 Å². The van der Waals surface area contributed by atoms with Crippen molar-refractivity contribution in [2.45, 2.75) is 59.5 Å². The Kier molecular flexibility index (Phi) is 7.10. The maximum absolute atomic E-state index is 11.5. The largest absolute Gasteiger partial charge is 0.459 e. The highest BCUT2D eigenvalue weighted by atomic mass is 16.5. The fourth-order valence-electron chi connectivity index (χ4n) is 1.30. The van der Waals surface area contributed by atoms with Crippen LogP contribution in [0.1, 0.15) is 53.4 Å². The first-order chi connectivity index (χ1) is 7.02. The number of carbonyl (C=O) groups is 1. The molecule has 88 valence electrons. The van der Waals surface area contributed by atoms with Crippen LogP contribution in [0.2, 0.25) is 0 Å². The van der Waals surface area contributed by atoms with Crippen molar-refractivity contribution < 1.29 is 9.53 Å². The van der Waals surface area contributed by atoms with E-state index in [1.165, 1.54) is 0 Å². The van der Waals surface area contributed by atoms with Gasteiger partial charge in [-0.3, -0.25) is 0 Å². The first-order valence-electron chi connectivity index (χ1n) is 5.91. The van der Waals surface area contributed by atoms with Gasteiger partial charge >= 0.3 is 5.97 Å². The summed E-state index contributed by atoms with van der Waals surface area (Å²) in [5.74, 6) is 0.150. The number of rotatable bonds is 7. The van der Waals surface area contributed by atoms with E-state index in [0.29, 0.717) is 17.9 Å². The minimum Gasteiger partial charge on any atom is -0.459 e. The van der Waals surface area contributed by atoms with Gasteiger partial charge in [-0.25, -0.2) is 4.79 Å². The second kappa shape index (κ2) is 7.49. The van der Waals surface area contributed by atoms with E-state index in [9.17, 15) is 4.79 Å². The quantitative estimate of drug-likeness (QED) is 0.475. The summed E-state index contributed by atoms with van der Waals surface area (Å²) in [6.07, 6.45) is 3.90. The van der Waals surface area contributed by atoms with Crippen LogP contribution < -0.4 is 0 Å². The molecule has 0 fully saturated rings. The first kappa shape index (κ1) is 14.2. The van der Waals surface area contributed by atoms with Crippen LogP contribution in [0.4, 0.5) is 0 Å². The molecule has 0 amide bonds. The zero-order valence-electron chi connectivity index (χ0n) is 10.5. The maximum Gasteiger partial charge on any atom is 0.333 e. The smallest absolute Gasteiger partial charge is 0.333 e. The summed E-state index contributed by atoms with van der Waals surface area (Å²) < 4.78 is 5.43. The van der Waals surface area contributed by atoms with Crippen LogP contribution in [0.15, 0.2) is 12.2 Å². The van der Waals surface area contributed by atoms with Gasteiger partial charge in [0.1, 0.15) is 6.10 Å². The second-order valence-corrected chi connectivity index (χ2v) is 4.29. The Bertz CT molecular complexity index is 207. The molecule has 0 heterocycles. The van der Waals surface area contributed by atoms with Crippen molar-refractivity contribution in [2.24, 2.45) is 5.92 Å². The van der Waals surface area contributed by atoms with E-state index >= 15 is 0 Å². The Balaban J connectivity index is 4.16. The standard InChI is InChI=1S/C13H24O2/c1-6-8-9-12(10(3)4)15-13(14)11(5)7-2/h10,12H,5-9H2,1-4H3. The Labute approximate surface area is 93.7 Å². The zero-order valence-corrected chi connectivity index (χ0v) is 10.5. The summed E-state index contributed by atoms with van der Waals surface area (Å²) in [4.78, 5) is 11.5. The number of esters is 1. The molecule has 0 aliphatic carbocycles. The molecule has 0 saturated heterocycles. The van der Waals surface area contributed by atoms with E-state index < -0.39 is 0 Å². The molecule has 0 aliphatic heterocycles. The predicted molar refractivity (Wildman–Crippen MR) is 63.7 cm³/mol. The highest BCUT2D eigenvalue weighted by molar-refractivity contribution is 5.87. The molecule has 0 radical (unpaired) electrons. The molecule has 0 saturated carbocycles. The van der Waals surface area contributed by atoms with Crippen molar-refractivity contribution in [3.05, 3.63) is 12.2 Å². The van der Waals surface area contributed by atoms with E-state index in [1.54, 1.807) is 0 Å². The van der Waals surface area contributed by atoms with Crippen LogP contribution in [0, 0.1) is 5.92 Å². The third-order valence-corrected chi connectivity index (χ3v) is 2.56. The molecule has 0 N–H and O–H groups in total. The Morgan fingerprint density at radius 1 is 1.33 bits per heavy atom. The van der Waals surface area contributed by atoms with E-state index in [0.717, 1.165) is 19.3 Å². The van der Waals surface area contributed by atoms with Crippen molar-refractivity contribution >= 4 is 5.97 Å². The molecule has 0 rings (SSSR count). The van der Waals surface area contributed by atoms with E-state index in [-0.39, 0.29) is 12.1 Å². The summed E-state index contributed by atoms with van der Waals surface area (Å²) in [7, 11) is 0. The van der Waals surface area contributed by atoms with Crippen molar-refractivity contribution in [1.82, 2.24) is 0 Å². The normalized spacial score (nSPS) is 12.6. The third kappa shape index (κ3) is 5.60. The maximum atomic E-state index is 11.5. The van der Waals surface area contributed by atoms with Gasteiger partial charge in [0.15, 0.2) is 0 Å². The highest BCUT2D eigenvalue weighted by Gasteiger charge is 2.18. The van der Waals surface area contributed by atoms with Crippen LogP contribution in [0.25, 0.3) is 0 Å². The molecule has 2 heteroatoms. The van der Waals surface area contributed by atoms with Crippen LogP contribution in [0.5, 0.6) is 0 Å². The lowest BCUT2D eigenvalue weighted by Crippen LogP contribution is -2.24. The van der Waals surface area contributed by atoms with Gasteiger partial charge in [-0.05, 0) is 18.8 Å². The van der Waals surface area contributed by atoms with E-state index in [2.05, 4.69) is 27.4 Å². The SMILES string of the molecule is C=C(CC)C(=O)OC(CCCC)C(C)C. The molecule has 15 heavy (non-hydrogen) atoms. The number of hydrogen-bond donors (Lipinski definition) is 0. The van der Waals surface area contributed by atoms with Gasteiger partial charge in [-0.1, -0.05) is 47.1 Å². The molecule has 2 nitrogen and oxygen atoms in total. The lowest BCUT2D eigenvalue weighted by atomic mass is 10.0. The van der Waals surface area contributed by atoms with Crippen molar-refractivity contribution in [3.63, 3.8) is 0 Å². The summed E-state index contributed by atoms with van der Waals surface area (Å²) in [5.41, 5.74) is 0.567. The van der Waals surface area contributed by atoms with Gasteiger partial charge in [-0.15, -0.1) is 0 Å². The minimum atomic E-state index is -0.229. The molecule has 0 spiro atoms. The van der Waals surface area contributed by atoms with E-state index in [4.69, 9.17) is 4.74 Å². The third-order valence-electron chi connectivity index (χ3n) is 2.56. The molecule has 0 aliphatic rings. The van der Waals surface area contributed by atoms with Gasteiger partial charge < -0.3 is 4.74 Å². The lowest BCUT2D eigenvalue weighted by Gasteiger charge is -2.21. The zero-order chi connectivity index (χ0) is 11.8. The van der Waals surface area contributed by atoms with Gasteiger partial charge in [0.2, 0.25) is 0 Å². The summed E-state index contributed by atoms with van der Waals surface area (Å²) in [5, 5.41) is 0. The average Bonchev–Trinajstić information content (AvgIpc) is 2.22. The second-order valence-electron chi connectivity index (χ2n) is 4.29. The summed E-state index contributed by atoms with van der Waals surface area (Å²) in [6, 6.07) is 0. The van der Waals surface area contributed by atoms with E-state index in [1.807, 2.05) is 6.92 Å². The fraction of sp³-hybridized carbons (Fsp3) is 0.769. The van der Waals surface area contributed by atoms with Crippen LogP contribution >= 0.6 is 0 Å². The van der Waals surface area contributed by atoms with Gasteiger partial charge in [0.05, 0.1) is 0 Å². The molecule has 1 unspecified atom stereocenters. The number of hydrogen-bond acceptors (Lipinski definition) is 2. The Hall–Kier alpha value is -0.790. The molecular weight excluding hydrogens is 188 g/mol. The summed E-state index contributed by atoms with van der Waals surface area (Å²) in [6.45, 7) is 11.9. The molecule has 0 bridgehead atoms. The van der Waals surface area contributed by atoms with Gasteiger partial charge in [0, 0.05) is 5.57 Å². The van der Waals surface area contributed by atoms with Crippen LogP contribution in [-0.4, -0.2) is 12.1 Å². The predicted octanol–water partition coefficient (Wildman–Crippen LogP) is 3.71. The topological polar surface area (TPSA) is 26.3 Å². The van der Waals surface area contributed by atoms with Crippen molar-refractivity contribution in [3.8, 4) is 0 Å². The van der Waals surface area contributed by atoms with Gasteiger partial charge in [0.25, 0.3) is 0 Å². The molecule has 0 aromatic carbocycles. The molecule has 0 aromatic heterocycles. The molecular formula is C13H24O2. The lowest BCUT2D eigenvalue weighted by molar-refractivity contribution is -0.147. The minimum absolute atomic E-state index is 0.0424. The molecule has 1 atom stereocenters. The van der Waals surface area contributed by atoms with Crippen LogP contribution in [0.3, 0.4) is 0 Å². The number of carbonyl (C=O) groups excluding carboxylic acids is 1. The summed E-state index contributed by atoms with van der Waals surface area (Å²) >= 11 is 0. The Morgan fingerprint density at radius 2 is 1.93 bits per heavy atom. The van der Waals surface area contributed by atoms with Crippen molar-refractivity contribution in [2.75, 3.05) is 0 Å². The Morgan fingerprint density at radius 3 is 2.33 bits per heavy atom. The number of unbranched alkanes of at least 4 members (excludes halogenated alkanes) is 1.